The van der Waals surface area contributed by atoms with E-state index in [0.29, 0.717) is 6.17 Å². The van der Waals surface area contributed by atoms with E-state index in [1.807, 2.05) is 0 Å². The molecule has 0 aliphatic carbocycles. The minimum atomic E-state index is 0.245. The molecule has 0 N–H and O–H groups in total. The maximum atomic E-state index is 10.9. The molecular formula is C9H15IN2O. The predicted octanol–water partition coefficient (Wildman–Crippen LogP) is 1.28. The lowest BCUT2D eigenvalue weighted by molar-refractivity contribution is -0.112. The van der Waals surface area contributed by atoms with Crippen LogP contribution in [0.25, 0.3) is 0 Å². The van der Waals surface area contributed by atoms with Crippen molar-refractivity contribution in [1.82, 2.24) is 8.01 Å². The van der Waals surface area contributed by atoms with Crippen LogP contribution >= 0.6 is 22.9 Å². The molecule has 2 aliphatic heterocycles. The molecule has 2 aliphatic rings. The van der Waals surface area contributed by atoms with Crippen molar-refractivity contribution < 1.29 is 4.79 Å². The van der Waals surface area contributed by atoms with Crippen molar-refractivity contribution in [3.63, 3.8) is 0 Å². The van der Waals surface area contributed by atoms with Gasteiger partial charge in [-0.15, -0.1) is 0 Å². The summed E-state index contributed by atoms with van der Waals surface area (Å²) < 4.78 is 2.29. The van der Waals surface area contributed by atoms with Crippen LogP contribution in [0, 0.1) is 5.92 Å². The van der Waals surface area contributed by atoms with Gasteiger partial charge in [-0.05, 0) is 32.4 Å². The summed E-state index contributed by atoms with van der Waals surface area (Å²) in [5.74, 6) is 0.245. The zero-order chi connectivity index (χ0) is 9.26. The molecule has 0 bridgehead atoms. The van der Waals surface area contributed by atoms with Gasteiger partial charge in [0.15, 0.2) is 0 Å². The normalized spacial score (nSPS) is 37.0. The van der Waals surface area contributed by atoms with Gasteiger partial charge in [0.05, 0.1) is 6.17 Å². The van der Waals surface area contributed by atoms with Gasteiger partial charge in [0, 0.05) is 35.3 Å². The molecule has 2 atom stereocenters. The molecule has 0 aromatic heterocycles. The van der Waals surface area contributed by atoms with E-state index in [2.05, 4.69) is 30.9 Å². The van der Waals surface area contributed by atoms with E-state index in [4.69, 9.17) is 0 Å². The van der Waals surface area contributed by atoms with Gasteiger partial charge in [-0.1, -0.05) is 0 Å². The van der Waals surface area contributed by atoms with E-state index in [0.717, 1.165) is 19.3 Å². The van der Waals surface area contributed by atoms with Gasteiger partial charge in [-0.25, -0.2) is 3.11 Å². The molecule has 4 heteroatoms. The number of carbonyl (C=O) groups excluding carboxylic acids is 1. The van der Waals surface area contributed by atoms with Crippen molar-refractivity contribution in [2.75, 3.05) is 19.6 Å². The van der Waals surface area contributed by atoms with Crippen LogP contribution in [0.1, 0.15) is 19.3 Å². The number of hydrogen-bond acceptors (Lipinski definition) is 3. The van der Waals surface area contributed by atoms with E-state index < -0.39 is 0 Å². The number of carbonyl (C=O) groups is 1. The van der Waals surface area contributed by atoms with Crippen LogP contribution < -0.4 is 0 Å². The SMILES string of the molecule is O=CC1CCN(I)C1N1CCCC1. The first kappa shape index (κ1) is 9.86. The third-order valence-electron chi connectivity index (χ3n) is 3.04. The van der Waals surface area contributed by atoms with Crippen molar-refractivity contribution >= 4 is 29.2 Å². The maximum Gasteiger partial charge on any atom is 0.126 e. The fourth-order valence-corrected chi connectivity index (χ4v) is 3.40. The number of nitrogens with zero attached hydrogens (tertiary/aromatic N) is 2. The molecule has 0 saturated carbocycles. The number of hydrogen-bond donors (Lipinski definition) is 0. The summed E-state index contributed by atoms with van der Waals surface area (Å²) in [5, 5.41) is 0. The quantitative estimate of drug-likeness (QED) is 0.435. The van der Waals surface area contributed by atoms with Crippen LogP contribution in [0.5, 0.6) is 0 Å². The van der Waals surface area contributed by atoms with Crippen molar-refractivity contribution in [3.05, 3.63) is 0 Å². The molecule has 13 heavy (non-hydrogen) atoms. The van der Waals surface area contributed by atoms with Crippen molar-refractivity contribution in [2.45, 2.75) is 25.4 Å². The topological polar surface area (TPSA) is 23.6 Å². The molecule has 0 aromatic carbocycles. The largest absolute Gasteiger partial charge is 0.303 e. The Morgan fingerprint density at radius 1 is 1.23 bits per heavy atom. The second kappa shape index (κ2) is 4.23. The van der Waals surface area contributed by atoms with E-state index >= 15 is 0 Å². The highest BCUT2D eigenvalue weighted by molar-refractivity contribution is 14.1. The standard InChI is InChI=1S/C9H15IN2O/c10-12-6-3-8(7-13)9(12)11-4-1-2-5-11/h7-9H,1-6H2. The minimum absolute atomic E-state index is 0.245. The first-order valence-electron chi connectivity index (χ1n) is 4.94. The van der Waals surface area contributed by atoms with Crippen LogP contribution in [-0.2, 0) is 4.79 Å². The minimum Gasteiger partial charge on any atom is -0.303 e. The van der Waals surface area contributed by atoms with Gasteiger partial charge in [-0.3, -0.25) is 4.90 Å². The molecule has 2 heterocycles. The first-order valence-corrected chi connectivity index (χ1v) is 5.91. The Morgan fingerprint density at radius 3 is 2.54 bits per heavy atom. The summed E-state index contributed by atoms with van der Waals surface area (Å²) in [6.07, 6.45) is 5.16. The predicted molar refractivity (Wildman–Crippen MR) is 59.5 cm³/mol. The van der Waals surface area contributed by atoms with Crippen LogP contribution in [0.4, 0.5) is 0 Å². The molecule has 0 amide bonds. The highest BCUT2D eigenvalue weighted by Gasteiger charge is 2.37. The third kappa shape index (κ3) is 1.89. The Morgan fingerprint density at radius 2 is 1.92 bits per heavy atom. The Bertz CT molecular complexity index is 194. The molecule has 2 fully saturated rings. The van der Waals surface area contributed by atoms with Gasteiger partial charge >= 0.3 is 0 Å². The Hall–Kier alpha value is 0.320. The highest BCUT2D eigenvalue weighted by Crippen LogP contribution is 2.30. The van der Waals surface area contributed by atoms with Crippen molar-refractivity contribution in [1.29, 1.82) is 0 Å². The van der Waals surface area contributed by atoms with Crippen LogP contribution in [0.2, 0.25) is 0 Å². The van der Waals surface area contributed by atoms with Crippen LogP contribution in [0.3, 0.4) is 0 Å². The molecule has 2 rings (SSSR count). The van der Waals surface area contributed by atoms with Crippen molar-refractivity contribution in [3.8, 4) is 0 Å². The summed E-state index contributed by atoms with van der Waals surface area (Å²) in [4.78, 5) is 13.3. The van der Waals surface area contributed by atoms with E-state index in [-0.39, 0.29) is 5.92 Å². The maximum absolute atomic E-state index is 10.9. The number of halogens is 1. The number of aldehydes is 1. The Balaban J connectivity index is 2.04. The molecule has 74 valence electrons. The first-order chi connectivity index (χ1) is 6.33. The zero-order valence-electron chi connectivity index (χ0n) is 7.66. The Kier molecular flexibility index (Phi) is 3.21. The lowest BCUT2D eigenvalue weighted by Gasteiger charge is -2.30. The van der Waals surface area contributed by atoms with Crippen LogP contribution in [0.15, 0.2) is 0 Å². The number of likely N-dealkylation sites (tertiary alicyclic amines) is 1. The van der Waals surface area contributed by atoms with Crippen LogP contribution in [-0.4, -0.2) is 40.1 Å². The van der Waals surface area contributed by atoms with E-state index in [1.165, 1.54) is 25.9 Å². The average molecular weight is 294 g/mol. The molecular weight excluding hydrogens is 279 g/mol. The zero-order valence-corrected chi connectivity index (χ0v) is 9.81. The third-order valence-corrected chi connectivity index (χ3v) is 4.09. The van der Waals surface area contributed by atoms with Gasteiger partial charge in [-0.2, -0.15) is 0 Å². The molecule has 0 radical (unpaired) electrons. The lowest BCUT2D eigenvalue weighted by Crippen LogP contribution is -2.42. The number of rotatable bonds is 2. The summed E-state index contributed by atoms with van der Waals surface area (Å²) in [6, 6.07) is 0. The second-order valence-electron chi connectivity index (χ2n) is 3.87. The monoisotopic (exact) mass is 294 g/mol. The summed E-state index contributed by atoms with van der Waals surface area (Å²) in [7, 11) is 0. The molecule has 0 aromatic rings. The molecule has 2 unspecified atom stereocenters. The second-order valence-corrected chi connectivity index (χ2v) is 5.11. The fraction of sp³-hybridized carbons (Fsp3) is 0.889. The smallest absolute Gasteiger partial charge is 0.126 e. The van der Waals surface area contributed by atoms with Gasteiger partial charge in [0.1, 0.15) is 6.29 Å². The summed E-state index contributed by atoms with van der Waals surface area (Å²) >= 11 is 2.36. The van der Waals surface area contributed by atoms with E-state index in [1.54, 1.807) is 0 Å². The average Bonchev–Trinajstić information content (AvgIpc) is 2.72. The van der Waals surface area contributed by atoms with Crippen molar-refractivity contribution in [2.24, 2.45) is 5.92 Å². The summed E-state index contributed by atoms with van der Waals surface area (Å²) in [6.45, 7) is 3.41. The summed E-state index contributed by atoms with van der Waals surface area (Å²) in [5.41, 5.74) is 0. The fourth-order valence-electron chi connectivity index (χ4n) is 2.35. The van der Waals surface area contributed by atoms with E-state index in [9.17, 15) is 4.79 Å². The Labute approximate surface area is 92.9 Å². The lowest BCUT2D eigenvalue weighted by atomic mass is 10.1. The molecule has 0 spiro atoms. The van der Waals surface area contributed by atoms with Gasteiger partial charge in [0.2, 0.25) is 0 Å². The highest BCUT2D eigenvalue weighted by atomic mass is 127. The van der Waals surface area contributed by atoms with Gasteiger partial charge in [0.25, 0.3) is 0 Å². The van der Waals surface area contributed by atoms with Gasteiger partial charge < -0.3 is 4.79 Å². The molecule has 3 nitrogen and oxygen atoms in total. The molecule has 2 saturated heterocycles.